The highest BCUT2D eigenvalue weighted by molar-refractivity contribution is 5.81. The fourth-order valence-electron chi connectivity index (χ4n) is 5.66. The summed E-state index contributed by atoms with van der Waals surface area (Å²) in [7, 11) is 0. The van der Waals surface area contributed by atoms with Crippen molar-refractivity contribution in [2.75, 3.05) is 26.3 Å². The van der Waals surface area contributed by atoms with Crippen molar-refractivity contribution in [3.8, 4) is 5.82 Å². The minimum absolute atomic E-state index is 0.502. The number of piperidine rings is 1. The maximum Gasteiger partial charge on any atom is 0.157 e. The van der Waals surface area contributed by atoms with E-state index in [9.17, 15) is 0 Å². The smallest absolute Gasteiger partial charge is 0.157 e. The second kappa shape index (κ2) is 6.34. The van der Waals surface area contributed by atoms with Gasteiger partial charge in [-0.25, -0.2) is 14.6 Å². The fraction of sp³-hybridized carbons (Fsp3) is 0.542. The lowest BCUT2D eigenvalue weighted by Crippen LogP contribution is -2.51. The zero-order valence-electron chi connectivity index (χ0n) is 17.2. The Balaban J connectivity index is 1.16. The summed E-state index contributed by atoms with van der Waals surface area (Å²) >= 11 is 0. The molecule has 2 aliphatic heterocycles. The summed E-state index contributed by atoms with van der Waals surface area (Å²) < 4.78 is 7.37. The average Bonchev–Trinajstić information content (AvgIpc) is 3.64. The van der Waals surface area contributed by atoms with Crippen LogP contribution in [0.25, 0.3) is 16.7 Å². The van der Waals surface area contributed by atoms with E-state index in [1.54, 1.807) is 6.33 Å². The van der Waals surface area contributed by atoms with Crippen molar-refractivity contribution in [1.29, 1.82) is 0 Å². The molecule has 2 aliphatic carbocycles. The molecule has 4 heterocycles. The molecule has 4 fully saturated rings. The molecule has 2 aromatic heterocycles. The third kappa shape index (κ3) is 2.73. The number of hydrogen-bond donors (Lipinski definition) is 0. The number of aromatic nitrogens is 4. The normalized spacial score (nSPS) is 26.2. The quantitative estimate of drug-likeness (QED) is 0.668. The lowest BCUT2D eigenvalue weighted by atomic mass is 9.92. The van der Waals surface area contributed by atoms with Crippen molar-refractivity contribution in [1.82, 2.24) is 24.6 Å². The van der Waals surface area contributed by atoms with E-state index in [0.29, 0.717) is 17.4 Å². The molecule has 7 rings (SSSR count). The van der Waals surface area contributed by atoms with Crippen molar-refractivity contribution in [3.05, 3.63) is 48.0 Å². The van der Waals surface area contributed by atoms with Gasteiger partial charge in [0.25, 0.3) is 0 Å². The Kier molecular flexibility index (Phi) is 3.68. The second-order valence-corrected chi connectivity index (χ2v) is 9.80. The summed E-state index contributed by atoms with van der Waals surface area (Å²) in [4.78, 5) is 11.8. The van der Waals surface area contributed by atoms with Crippen molar-refractivity contribution in [2.45, 2.75) is 50.0 Å². The molecule has 154 valence electrons. The monoisotopic (exact) mass is 401 g/mol. The van der Waals surface area contributed by atoms with Crippen molar-refractivity contribution in [3.63, 3.8) is 0 Å². The lowest BCUT2D eigenvalue weighted by molar-refractivity contribution is -0.0713. The Bertz CT molecular complexity index is 1110. The molecule has 6 heteroatoms. The van der Waals surface area contributed by atoms with Crippen molar-refractivity contribution >= 4 is 10.9 Å². The maximum atomic E-state index is 5.36. The van der Waals surface area contributed by atoms with E-state index < -0.39 is 0 Å². The Morgan fingerprint density at radius 3 is 2.63 bits per heavy atom. The summed E-state index contributed by atoms with van der Waals surface area (Å²) in [6, 6.07) is 9.67. The molecule has 2 saturated heterocycles. The first-order chi connectivity index (χ1) is 14.8. The fourth-order valence-corrected chi connectivity index (χ4v) is 5.66. The Morgan fingerprint density at radius 2 is 1.90 bits per heavy atom. The molecule has 1 aromatic carbocycles. The molecule has 1 spiro atoms. The molecule has 0 amide bonds. The van der Waals surface area contributed by atoms with E-state index in [4.69, 9.17) is 4.74 Å². The van der Waals surface area contributed by atoms with Gasteiger partial charge in [-0.1, -0.05) is 12.1 Å². The largest absolute Gasteiger partial charge is 0.378 e. The minimum atomic E-state index is 0.502. The topological polar surface area (TPSA) is 56.1 Å². The summed E-state index contributed by atoms with van der Waals surface area (Å²) in [5.41, 5.74) is 4.47. The van der Waals surface area contributed by atoms with Gasteiger partial charge in [0, 0.05) is 23.1 Å². The van der Waals surface area contributed by atoms with E-state index in [1.807, 2.05) is 10.9 Å². The van der Waals surface area contributed by atoms with Crippen LogP contribution in [0, 0.1) is 5.41 Å². The van der Waals surface area contributed by atoms with E-state index >= 15 is 0 Å². The lowest BCUT2D eigenvalue weighted by Gasteiger charge is -2.41. The molecule has 6 nitrogen and oxygen atoms in total. The number of rotatable bonds is 4. The second-order valence-electron chi connectivity index (χ2n) is 9.80. The highest BCUT2D eigenvalue weighted by Crippen LogP contribution is 2.75. The number of fused-ring (bicyclic) bond motifs is 1. The van der Waals surface area contributed by atoms with Gasteiger partial charge in [0.2, 0.25) is 0 Å². The van der Waals surface area contributed by atoms with Crippen LogP contribution in [-0.2, 0) is 4.74 Å². The first-order valence-corrected chi connectivity index (χ1v) is 11.4. The molecule has 30 heavy (non-hydrogen) atoms. The third-order valence-electron chi connectivity index (χ3n) is 8.05. The van der Waals surface area contributed by atoms with Crippen LogP contribution in [-0.4, -0.2) is 57.0 Å². The molecule has 1 atom stereocenters. The zero-order chi connectivity index (χ0) is 19.7. The van der Waals surface area contributed by atoms with Gasteiger partial charge < -0.3 is 4.74 Å². The minimum Gasteiger partial charge on any atom is -0.378 e. The van der Waals surface area contributed by atoms with Crippen LogP contribution in [0.15, 0.2) is 36.8 Å². The molecular weight excluding hydrogens is 374 g/mol. The first kappa shape index (κ1) is 17.4. The predicted molar refractivity (Wildman–Crippen MR) is 114 cm³/mol. The van der Waals surface area contributed by atoms with Crippen LogP contribution in [0.3, 0.4) is 0 Å². The van der Waals surface area contributed by atoms with Crippen LogP contribution in [0.2, 0.25) is 0 Å². The van der Waals surface area contributed by atoms with E-state index in [0.717, 1.165) is 56.6 Å². The van der Waals surface area contributed by atoms with Gasteiger partial charge in [-0.3, -0.25) is 4.90 Å². The van der Waals surface area contributed by atoms with Gasteiger partial charge in [0.05, 0.1) is 31.0 Å². The Labute approximate surface area is 176 Å². The summed E-state index contributed by atoms with van der Waals surface area (Å²) in [6.45, 7) is 4.07. The van der Waals surface area contributed by atoms with Gasteiger partial charge in [-0.2, -0.15) is 5.10 Å². The summed E-state index contributed by atoms with van der Waals surface area (Å²) in [5, 5.41) is 5.86. The molecule has 1 unspecified atom stereocenters. The first-order valence-electron chi connectivity index (χ1n) is 11.4. The molecule has 2 saturated carbocycles. The standard InChI is InChI=1S/C24H27N5O/c1-2-18-12-27-29(22(18)9-17(1)20-11-24(20)5-6-24)23-10-21(25-15-26-23)16-3-7-28(8-4-16)19-13-30-14-19/h1-2,9-10,12,15-16,19-20H,3-8,11,13-14H2. The molecule has 0 radical (unpaired) electrons. The number of likely N-dealkylation sites (tertiary alicyclic amines) is 1. The highest BCUT2D eigenvalue weighted by atomic mass is 16.5. The number of ether oxygens (including phenoxy) is 1. The van der Waals surface area contributed by atoms with E-state index in [2.05, 4.69) is 44.2 Å². The molecule has 4 aliphatic rings. The van der Waals surface area contributed by atoms with Gasteiger partial charge >= 0.3 is 0 Å². The van der Waals surface area contributed by atoms with E-state index in [1.165, 1.54) is 35.7 Å². The van der Waals surface area contributed by atoms with Crippen molar-refractivity contribution < 1.29 is 4.74 Å². The van der Waals surface area contributed by atoms with E-state index in [-0.39, 0.29) is 0 Å². The SMILES string of the molecule is c1nc(C2CCN(C3COC3)CC2)cc(-n2ncc3ccc(C4CC45CC5)cc32)n1. The van der Waals surface area contributed by atoms with Gasteiger partial charge in [0.1, 0.15) is 6.33 Å². The maximum absolute atomic E-state index is 5.36. The molecule has 0 N–H and O–H groups in total. The number of hydrogen-bond acceptors (Lipinski definition) is 5. The van der Waals surface area contributed by atoms with Gasteiger partial charge in [-0.05, 0) is 68.2 Å². The molecule has 0 bridgehead atoms. The van der Waals surface area contributed by atoms with Crippen LogP contribution < -0.4 is 0 Å². The summed E-state index contributed by atoms with van der Waals surface area (Å²) in [6.07, 6.45) is 10.2. The Hall–Kier alpha value is -2.31. The zero-order valence-corrected chi connectivity index (χ0v) is 17.2. The van der Waals surface area contributed by atoms with Gasteiger partial charge in [-0.15, -0.1) is 0 Å². The third-order valence-corrected chi connectivity index (χ3v) is 8.05. The van der Waals surface area contributed by atoms with Crippen molar-refractivity contribution in [2.24, 2.45) is 5.41 Å². The van der Waals surface area contributed by atoms with Crippen LogP contribution in [0.5, 0.6) is 0 Å². The molecule has 3 aromatic rings. The van der Waals surface area contributed by atoms with Crippen LogP contribution in [0.4, 0.5) is 0 Å². The number of benzene rings is 1. The highest BCUT2D eigenvalue weighted by Gasteiger charge is 2.62. The Morgan fingerprint density at radius 1 is 1.03 bits per heavy atom. The van der Waals surface area contributed by atoms with Gasteiger partial charge in [0.15, 0.2) is 5.82 Å². The number of nitrogens with zero attached hydrogens (tertiary/aromatic N) is 5. The summed E-state index contributed by atoms with van der Waals surface area (Å²) in [5.74, 6) is 2.15. The predicted octanol–water partition coefficient (Wildman–Crippen LogP) is 3.66. The average molecular weight is 402 g/mol. The van der Waals surface area contributed by atoms with Crippen LogP contribution >= 0.6 is 0 Å². The van der Waals surface area contributed by atoms with Crippen LogP contribution in [0.1, 0.15) is 55.2 Å². The molecular formula is C24H27N5O.